The standard InChI is InChI=1S/C13H11N3O3S/c1-20(18,19)8-2-3-10-11(6-8)16-13(15-10)9-7-14-5-4-12(9)17/h2-7H,1H3,(H,14,17)(H,15,16). The lowest BCUT2D eigenvalue weighted by Gasteiger charge is -1.96. The average Bonchev–Trinajstić information content (AvgIpc) is 2.80. The lowest BCUT2D eigenvalue weighted by Crippen LogP contribution is -2.03. The van der Waals surface area contributed by atoms with Gasteiger partial charge in [0.2, 0.25) is 0 Å². The molecule has 0 fully saturated rings. The quantitative estimate of drug-likeness (QED) is 0.743. The summed E-state index contributed by atoms with van der Waals surface area (Å²) in [6.07, 6.45) is 4.24. The van der Waals surface area contributed by atoms with Crippen LogP contribution in [0.4, 0.5) is 0 Å². The molecule has 2 aromatic heterocycles. The number of aromatic nitrogens is 3. The minimum absolute atomic E-state index is 0.161. The van der Waals surface area contributed by atoms with Gasteiger partial charge in [0.05, 0.1) is 21.5 Å². The molecule has 0 amide bonds. The Morgan fingerprint density at radius 2 is 2.00 bits per heavy atom. The summed E-state index contributed by atoms with van der Waals surface area (Å²) < 4.78 is 23.0. The van der Waals surface area contributed by atoms with Gasteiger partial charge in [-0.3, -0.25) is 4.79 Å². The summed E-state index contributed by atoms with van der Waals surface area (Å²) in [5.74, 6) is 0.410. The number of rotatable bonds is 2. The third-order valence-corrected chi connectivity index (χ3v) is 4.07. The van der Waals surface area contributed by atoms with Crippen molar-refractivity contribution in [2.75, 3.05) is 6.26 Å². The number of H-pyrrole nitrogens is 2. The number of aromatic amines is 2. The van der Waals surface area contributed by atoms with Crippen molar-refractivity contribution in [2.24, 2.45) is 0 Å². The van der Waals surface area contributed by atoms with E-state index in [0.29, 0.717) is 22.4 Å². The lowest BCUT2D eigenvalue weighted by molar-refractivity contribution is 0.602. The molecule has 7 heteroatoms. The Morgan fingerprint density at radius 3 is 2.70 bits per heavy atom. The van der Waals surface area contributed by atoms with Crippen molar-refractivity contribution in [1.82, 2.24) is 15.0 Å². The SMILES string of the molecule is CS(=O)(=O)c1ccc2nc(-c3c[nH]ccc3=O)[nH]c2c1. The maximum atomic E-state index is 11.7. The Hall–Kier alpha value is -2.41. The summed E-state index contributed by atoms with van der Waals surface area (Å²) >= 11 is 0. The van der Waals surface area contributed by atoms with Crippen LogP contribution in [0.1, 0.15) is 0 Å². The van der Waals surface area contributed by atoms with E-state index in [-0.39, 0.29) is 10.3 Å². The molecule has 0 spiro atoms. The smallest absolute Gasteiger partial charge is 0.192 e. The van der Waals surface area contributed by atoms with E-state index >= 15 is 0 Å². The minimum Gasteiger partial charge on any atom is -0.367 e. The van der Waals surface area contributed by atoms with Gasteiger partial charge in [-0.05, 0) is 18.2 Å². The van der Waals surface area contributed by atoms with Crippen LogP contribution >= 0.6 is 0 Å². The van der Waals surface area contributed by atoms with Gasteiger partial charge in [-0.25, -0.2) is 13.4 Å². The number of imidazole rings is 1. The topological polar surface area (TPSA) is 95.7 Å². The number of hydrogen-bond acceptors (Lipinski definition) is 4. The number of nitrogens with zero attached hydrogens (tertiary/aromatic N) is 1. The van der Waals surface area contributed by atoms with Crippen LogP contribution in [0.15, 0.2) is 46.3 Å². The van der Waals surface area contributed by atoms with E-state index in [2.05, 4.69) is 15.0 Å². The first-order chi connectivity index (χ1) is 9.45. The first-order valence-electron chi connectivity index (χ1n) is 5.82. The molecule has 3 aromatic rings. The highest BCUT2D eigenvalue weighted by Crippen LogP contribution is 2.20. The van der Waals surface area contributed by atoms with Crippen molar-refractivity contribution in [1.29, 1.82) is 0 Å². The van der Waals surface area contributed by atoms with E-state index in [1.807, 2.05) is 0 Å². The van der Waals surface area contributed by atoms with Crippen molar-refractivity contribution < 1.29 is 8.42 Å². The molecule has 0 aliphatic rings. The van der Waals surface area contributed by atoms with Crippen molar-refractivity contribution in [3.8, 4) is 11.4 Å². The van der Waals surface area contributed by atoms with Crippen molar-refractivity contribution in [3.63, 3.8) is 0 Å². The summed E-state index contributed by atoms with van der Waals surface area (Å²) in [6.45, 7) is 0. The second-order valence-corrected chi connectivity index (χ2v) is 6.47. The Balaban J connectivity index is 2.22. The van der Waals surface area contributed by atoms with E-state index in [9.17, 15) is 13.2 Å². The summed E-state index contributed by atoms with van der Waals surface area (Å²) in [4.78, 5) is 22.0. The molecule has 0 saturated heterocycles. The van der Waals surface area contributed by atoms with Gasteiger partial charge < -0.3 is 9.97 Å². The van der Waals surface area contributed by atoms with Gasteiger partial charge in [0.15, 0.2) is 15.3 Å². The summed E-state index contributed by atoms with van der Waals surface area (Å²) in [5.41, 5.74) is 1.43. The zero-order chi connectivity index (χ0) is 14.3. The van der Waals surface area contributed by atoms with Gasteiger partial charge in [0, 0.05) is 24.7 Å². The largest absolute Gasteiger partial charge is 0.367 e. The second-order valence-electron chi connectivity index (χ2n) is 4.46. The van der Waals surface area contributed by atoms with Gasteiger partial charge in [0.25, 0.3) is 0 Å². The van der Waals surface area contributed by atoms with Crippen molar-refractivity contribution in [2.45, 2.75) is 4.90 Å². The summed E-state index contributed by atoms with van der Waals surface area (Å²) in [6, 6.07) is 6.03. The maximum Gasteiger partial charge on any atom is 0.192 e. The van der Waals surface area contributed by atoms with Crippen LogP contribution in [0.5, 0.6) is 0 Å². The van der Waals surface area contributed by atoms with Crippen LogP contribution in [-0.4, -0.2) is 29.6 Å². The molecule has 3 rings (SSSR count). The minimum atomic E-state index is -3.27. The Kier molecular flexibility index (Phi) is 2.72. The highest BCUT2D eigenvalue weighted by atomic mass is 32.2. The normalized spacial score (nSPS) is 11.8. The molecule has 0 atom stereocenters. The number of pyridine rings is 1. The molecule has 2 N–H and O–H groups in total. The molecule has 0 unspecified atom stereocenters. The highest BCUT2D eigenvalue weighted by molar-refractivity contribution is 7.90. The fourth-order valence-corrected chi connectivity index (χ4v) is 2.60. The van der Waals surface area contributed by atoms with E-state index < -0.39 is 9.84 Å². The molecule has 0 bridgehead atoms. The molecule has 20 heavy (non-hydrogen) atoms. The molecule has 0 aliphatic carbocycles. The zero-order valence-electron chi connectivity index (χ0n) is 10.5. The summed E-state index contributed by atoms with van der Waals surface area (Å²) in [5, 5.41) is 0. The Labute approximate surface area is 114 Å². The first kappa shape index (κ1) is 12.6. The van der Waals surface area contributed by atoms with Crippen molar-refractivity contribution >= 4 is 20.9 Å². The van der Waals surface area contributed by atoms with E-state index in [4.69, 9.17) is 0 Å². The number of fused-ring (bicyclic) bond motifs is 1. The van der Waals surface area contributed by atoms with Gasteiger partial charge in [-0.2, -0.15) is 0 Å². The van der Waals surface area contributed by atoms with E-state index in [0.717, 1.165) is 6.26 Å². The third kappa shape index (κ3) is 2.12. The monoisotopic (exact) mass is 289 g/mol. The molecule has 1 aromatic carbocycles. The highest BCUT2D eigenvalue weighted by Gasteiger charge is 2.12. The van der Waals surface area contributed by atoms with Crippen LogP contribution in [0.25, 0.3) is 22.4 Å². The molecule has 0 saturated carbocycles. The van der Waals surface area contributed by atoms with Gasteiger partial charge in [-0.1, -0.05) is 0 Å². The third-order valence-electron chi connectivity index (χ3n) is 2.96. The van der Waals surface area contributed by atoms with Crippen LogP contribution in [-0.2, 0) is 9.84 Å². The molecule has 102 valence electrons. The molecule has 2 heterocycles. The van der Waals surface area contributed by atoms with Gasteiger partial charge in [-0.15, -0.1) is 0 Å². The molecule has 0 aliphatic heterocycles. The molecule has 0 radical (unpaired) electrons. The summed E-state index contributed by atoms with van der Waals surface area (Å²) in [7, 11) is -3.27. The maximum absolute atomic E-state index is 11.7. The molecule has 6 nitrogen and oxygen atoms in total. The van der Waals surface area contributed by atoms with Crippen LogP contribution in [0.3, 0.4) is 0 Å². The first-order valence-corrected chi connectivity index (χ1v) is 7.71. The van der Waals surface area contributed by atoms with Crippen LogP contribution < -0.4 is 5.43 Å². The van der Waals surface area contributed by atoms with E-state index in [1.165, 1.54) is 24.4 Å². The second kappa shape index (κ2) is 4.31. The number of benzene rings is 1. The van der Waals surface area contributed by atoms with E-state index in [1.54, 1.807) is 12.3 Å². The Morgan fingerprint density at radius 1 is 1.20 bits per heavy atom. The predicted octanol–water partition coefficient (Wildman–Crippen LogP) is 1.32. The van der Waals surface area contributed by atoms with Gasteiger partial charge >= 0.3 is 0 Å². The fraction of sp³-hybridized carbons (Fsp3) is 0.0769. The van der Waals surface area contributed by atoms with Crippen molar-refractivity contribution in [3.05, 3.63) is 46.9 Å². The number of hydrogen-bond donors (Lipinski definition) is 2. The molecular formula is C13H11N3O3S. The van der Waals surface area contributed by atoms with Crippen LogP contribution in [0.2, 0.25) is 0 Å². The zero-order valence-corrected chi connectivity index (χ0v) is 11.4. The molecular weight excluding hydrogens is 278 g/mol. The van der Waals surface area contributed by atoms with Gasteiger partial charge in [0.1, 0.15) is 5.82 Å². The Bertz CT molecular complexity index is 954. The average molecular weight is 289 g/mol. The number of nitrogens with one attached hydrogen (secondary N) is 2. The fourth-order valence-electron chi connectivity index (χ4n) is 1.95. The number of sulfone groups is 1. The lowest BCUT2D eigenvalue weighted by atomic mass is 10.2. The predicted molar refractivity (Wildman–Crippen MR) is 75.3 cm³/mol. The van der Waals surface area contributed by atoms with Crippen LogP contribution in [0, 0.1) is 0 Å².